The standard InChI is InChI=1S/C26H29F2N5O4S/c1-30(2)38(35,36)32-12-10-31(11-13-32)23-17-29-33(22-15-20(27)14-21(28)16-22)25(34)24(23)37-18-26(8-9-26)19-6-4-3-5-7-19/h3-7,14-17H,8-13,18H2,1-2H3. The fourth-order valence-corrected chi connectivity index (χ4v) is 5.78. The first kappa shape index (κ1) is 26.3. The molecule has 9 nitrogen and oxygen atoms in total. The maximum atomic E-state index is 13.9. The topological polar surface area (TPSA) is 88.0 Å². The molecule has 0 unspecified atom stereocenters. The summed E-state index contributed by atoms with van der Waals surface area (Å²) < 4.78 is 62.6. The SMILES string of the molecule is CN(C)S(=O)(=O)N1CCN(c2cnn(-c3cc(F)cc(F)c3)c(=O)c2OCC2(c3ccccc3)CC2)CC1. The molecular formula is C26H29F2N5O4S. The van der Waals surface area contributed by atoms with Crippen molar-refractivity contribution in [3.05, 3.63) is 82.3 Å². The number of ether oxygens (including phenoxy) is 1. The molecule has 1 aliphatic carbocycles. The van der Waals surface area contributed by atoms with E-state index in [0.29, 0.717) is 18.8 Å². The van der Waals surface area contributed by atoms with Crippen molar-refractivity contribution < 1.29 is 21.9 Å². The molecule has 0 bridgehead atoms. The number of hydrogen-bond acceptors (Lipinski definition) is 6. The molecule has 2 heterocycles. The van der Waals surface area contributed by atoms with E-state index in [1.807, 2.05) is 35.2 Å². The number of halogens is 2. The Morgan fingerprint density at radius 2 is 1.63 bits per heavy atom. The number of benzene rings is 2. The lowest BCUT2D eigenvalue weighted by Gasteiger charge is -2.36. The van der Waals surface area contributed by atoms with Crippen LogP contribution in [-0.4, -0.2) is 73.7 Å². The lowest BCUT2D eigenvalue weighted by molar-refractivity contribution is 0.271. The summed E-state index contributed by atoms with van der Waals surface area (Å²) in [6, 6.07) is 12.7. The molecule has 0 radical (unpaired) electrons. The van der Waals surface area contributed by atoms with E-state index in [1.165, 1.54) is 24.6 Å². The van der Waals surface area contributed by atoms with Crippen LogP contribution in [0.15, 0.2) is 59.5 Å². The first-order valence-corrected chi connectivity index (χ1v) is 13.7. The van der Waals surface area contributed by atoms with Crippen LogP contribution in [0.4, 0.5) is 14.5 Å². The van der Waals surface area contributed by atoms with Crippen molar-refractivity contribution in [3.63, 3.8) is 0 Å². The van der Waals surface area contributed by atoms with Crippen molar-refractivity contribution >= 4 is 15.9 Å². The maximum Gasteiger partial charge on any atom is 0.316 e. The molecule has 2 fully saturated rings. The van der Waals surface area contributed by atoms with Gasteiger partial charge >= 0.3 is 5.56 Å². The second kappa shape index (κ2) is 10.1. The highest BCUT2D eigenvalue weighted by Crippen LogP contribution is 2.48. The number of rotatable bonds is 8. The van der Waals surface area contributed by atoms with Gasteiger partial charge in [-0.3, -0.25) is 4.79 Å². The minimum atomic E-state index is -3.57. The highest BCUT2D eigenvalue weighted by Gasteiger charge is 2.45. The molecule has 38 heavy (non-hydrogen) atoms. The molecule has 2 aromatic carbocycles. The summed E-state index contributed by atoms with van der Waals surface area (Å²) in [6.07, 6.45) is 3.24. The van der Waals surface area contributed by atoms with Gasteiger partial charge in [0.25, 0.3) is 10.2 Å². The van der Waals surface area contributed by atoms with Crippen LogP contribution in [0.25, 0.3) is 5.69 Å². The quantitative estimate of drug-likeness (QED) is 0.433. The molecule has 0 spiro atoms. The first-order valence-electron chi connectivity index (χ1n) is 12.3. The predicted molar refractivity (Wildman–Crippen MR) is 139 cm³/mol. The average Bonchev–Trinajstić information content (AvgIpc) is 3.69. The third-order valence-electron chi connectivity index (χ3n) is 7.11. The van der Waals surface area contributed by atoms with E-state index in [9.17, 15) is 22.0 Å². The Morgan fingerprint density at radius 3 is 2.21 bits per heavy atom. The molecular weight excluding hydrogens is 516 g/mol. The van der Waals surface area contributed by atoms with Crippen LogP contribution in [0, 0.1) is 11.6 Å². The van der Waals surface area contributed by atoms with Crippen LogP contribution >= 0.6 is 0 Å². The second-order valence-corrected chi connectivity index (χ2v) is 12.0. The van der Waals surface area contributed by atoms with E-state index in [2.05, 4.69) is 5.10 Å². The summed E-state index contributed by atoms with van der Waals surface area (Å²) in [7, 11) is -0.612. The van der Waals surface area contributed by atoms with E-state index >= 15 is 0 Å². The van der Waals surface area contributed by atoms with E-state index in [0.717, 1.165) is 45.6 Å². The molecule has 12 heteroatoms. The molecule has 2 aliphatic rings. The van der Waals surface area contributed by atoms with Gasteiger partial charge in [-0.25, -0.2) is 8.78 Å². The van der Waals surface area contributed by atoms with Crippen molar-refractivity contribution in [2.45, 2.75) is 18.3 Å². The average molecular weight is 546 g/mol. The van der Waals surface area contributed by atoms with Gasteiger partial charge in [0.2, 0.25) is 5.75 Å². The van der Waals surface area contributed by atoms with Crippen LogP contribution in [0.5, 0.6) is 5.75 Å². The summed E-state index contributed by atoms with van der Waals surface area (Å²) >= 11 is 0. The molecule has 5 rings (SSSR count). The highest BCUT2D eigenvalue weighted by atomic mass is 32.2. The van der Waals surface area contributed by atoms with Crippen molar-refractivity contribution in [2.75, 3.05) is 51.8 Å². The summed E-state index contributed by atoms with van der Waals surface area (Å²) in [5.74, 6) is -1.66. The summed E-state index contributed by atoms with van der Waals surface area (Å²) in [4.78, 5) is 15.5. The predicted octanol–water partition coefficient (Wildman–Crippen LogP) is 2.55. The Hall–Kier alpha value is -3.35. The van der Waals surface area contributed by atoms with Gasteiger partial charge < -0.3 is 9.64 Å². The molecule has 1 saturated carbocycles. The van der Waals surface area contributed by atoms with Gasteiger partial charge in [0.1, 0.15) is 17.3 Å². The molecule has 3 aromatic rings. The van der Waals surface area contributed by atoms with Crippen molar-refractivity contribution in [1.82, 2.24) is 18.4 Å². The highest BCUT2D eigenvalue weighted by molar-refractivity contribution is 7.86. The van der Waals surface area contributed by atoms with Gasteiger partial charge in [0, 0.05) is 51.8 Å². The number of anilines is 1. The number of piperazine rings is 1. The number of hydrogen-bond donors (Lipinski definition) is 0. The molecule has 0 N–H and O–H groups in total. The molecule has 0 amide bonds. The fraction of sp³-hybridized carbons (Fsp3) is 0.385. The van der Waals surface area contributed by atoms with Crippen LogP contribution in [0.2, 0.25) is 0 Å². The lowest BCUT2D eigenvalue weighted by atomic mass is 9.97. The van der Waals surface area contributed by atoms with E-state index in [1.54, 1.807) is 0 Å². The summed E-state index contributed by atoms with van der Waals surface area (Å²) in [5.41, 5.74) is 0.594. The fourth-order valence-electron chi connectivity index (χ4n) is 4.70. The van der Waals surface area contributed by atoms with Crippen LogP contribution < -0.4 is 15.2 Å². The van der Waals surface area contributed by atoms with Gasteiger partial charge in [-0.05, 0) is 30.5 Å². The van der Waals surface area contributed by atoms with Gasteiger partial charge in [-0.15, -0.1) is 0 Å². The van der Waals surface area contributed by atoms with Crippen molar-refractivity contribution in [2.24, 2.45) is 0 Å². The van der Waals surface area contributed by atoms with Gasteiger partial charge in [0.05, 0.1) is 18.5 Å². The lowest BCUT2D eigenvalue weighted by Crippen LogP contribution is -2.52. The van der Waals surface area contributed by atoms with Crippen molar-refractivity contribution in [1.29, 1.82) is 0 Å². The van der Waals surface area contributed by atoms with E-state index in [-0.39, 0.29) is 36.5 Å². The van der Waals surface area contributed by atoms with E-state index in [4.69, 9.17) is 4.74 Å². The molecule has 0 atom stereocenters. The Kier molecular flexibility index (Phi) is 6.97. The van der Waals surface area contributed by atoms with Gasteiger partial charge in [-0.2, -0.15) is 26.8 Å². The molecule has 1 aliphatic heterocycles. The minimum absolute atomic E-state index is 0.00999. The normalized spacial score (nSPS) is 17.6. The number of nitrogens with zero attached hydrogens (tertiary/aromatic N) is 5. The third-order valence-corrected chi connectivity index (χ3v) is 9.05. The zero-order valence-corrected chi connectivity index (χ0v) is 22.0. The molecule has 1 saturated heterocycles. The maximum absolute atomic E-state index is 13.9. The Morgan fingerprint density at radius 1 is 1.00 bits per heavy atom. The summed E-state index contributed by atoms with van der Waals surface area (Å²) in [5, 5.41) is 4.19. The second-order valence-electron chi connectivity index (χ2n) is 9.81. The van der Waals surface area contributed by atoms with Crippen molar-refractivity contribution in [3.8, 4) is 11.4 Å². The largest absolute Gasteiger partial charge is 0.485 e. The van der Waals surface area contributed by atoms with Crippen LogP contribution in [0.3, 0.4) is 0 Å². The van der Waals surface area contributed by atoms with Crippen LogP contribution in [0.1, 0.15) is 18.4 Å². The summed E-state index contributed by atoms with van der Waals surface area (Å²) in [6.45, 7) is 1.30. The van der Waals surface area contributed by atoms with Crippen LogP contribution in [-0.2, 0) is 15.6 Å². The zero-order valence-electron chi connectivity index (χ0n) is 21.2. The van der Waals surface area contributed by atoms with Gasteiger partial charge in [-0.1, -0.05) is 30.3 Å². The van der Waals surface area contributed by atoms with E-state index < -0.39 is 27.4 Å². The first-order chi connectivity index (χ1) is 18.1. The zero-order chi connectivity index (χ0) is 27.1. The Labute approximate surface area is 220 Å². The molecule has 1 aromatic heterocycles. The number of aromatic nitrogens is 2. The smallest absolute Gasteiger partial charge is 0.316 e. The van der Waals surface area contributed by atoms with Gasteiger partial charge in [0.15, 0.2) is 0 Å². The minimum Gasteiger partial charge on any atom is -0.485 e. The monoisotopic (exact) mass is 545 g/mol. The Bertz CT molecular complexity index is 1460. The molecule has 202 valence electrons. The Balaban J connectivity index is 1.48. The third kappa shape index (κ3) is 5.03.